The van der Waals surface area contributed by atoms with Crippen LogP contribution in [0.4, 0.5) is 21.0 Å². The van der Waals surface area contributed by atoms with Gasteiger partial charge >= 0.3 is 12.2 Å². The quantitative estimate of drug-likeness (QED) is 0.113. The van der Waals surface area contributed by atoms with E-state index in [9.17, 15) is 19.5 Å². The fraction of sp³-hybridized carbons (Fsp3) is 0.396. The topological polar surface area (TPSA) is 136 Å². The molecule has 6 rings (SSSR count). The van der Waals surface area contributed by atoms with E-state index < -0.39 is 38.1 Å². The summed E-state index contributed by atoms with van der Waals surface area (Å²) < 4.78 is 24.2. The van der Waals surface area contributed by atoms with Crippen LogP contribution in [0.5, 0.6) is 11.5 Å². The third-order valence-corrected chi connectivity index (χ3v) is 17.6. The summed E-state index contributed by atoms with van der Waals surface area (Å²) in [6.45, 7) is 18.3. The molecule has 2 aliphatic rings. The van der Waals surface area contributed by atoms with Gasteiger partial charge in [0.15, 0.2) is 5.75 Å². The van der Waals surface area contributed by atoms with Gasteiger partial charge in [0.1, 0.15) is 18.0 Å². The van der Waals surface area contributed by atoms with Crippen molar-refractivity contribution < 1.29 is 38.1 Å². The number of amides is 3. The number of nitrogens with one attached hydrogen (secondary N) is 2. The highest BCUT2D eigenvalue weighted by Gasteiger charge is 2.48. The molecule has 0 saturated carbocycles. The van der Waals surface area contributed by atoms with Crippen LogP contribution in [0.3, 0.4) is 0 Å². The molecule has 3 amide bonds. The van der Waals surface area contributed by atoms with Gasteiger partial charge in [0.25, 0.3) is 14.2 Å². The Hall–Kier alpha value is -5.59. The van der Waals surface area contributed by atoms with E-state index in [0.717, 1.165) is 33.4 Å². The molecule has 4 aromatic rings. The molecule has 318 valence electrons. The van der Waals surface area contributed by atoms with Crippen LogP contribution < -0.4 is 19.8 Å². The lowest BCUT2D eigenvalue weighted by Gasteiger charge is -2.42. The van der Waals surface area contributed by atoms with Crippen LogP contribution in [0.25, 0.3) is 16.7 Å². The summed E-state index contributed by atoms with van der Waals surface area (Å²) in [5, 5.41) is 16.2. The van der Waals surface area contributed by atoms with Gasteiger partial charge in [-0.05, 0) is 95.4 Å². The Bertz CT molecular complexity index is 2180. The number of anilines is 2. The molecule has 3 N–H and O–H groups in total. The van der Waals surface area contributed by atoms with Gasteiger partial charge in [-0.2, -0.15) is 0 Å². The minimum Gasteiger partial charge on any atom is -0.540 e. The highest BCUT2D eigenvalue weighted by molar-refractivity contribution is 6.78. The van der Waals surface area contributed by atoms with Crippen molar-refractivity contribution in [2.75, 3.05) is 31.0 Å². The van der Waals surface area contributed by atoms with Crippen LogP contribution in [0, 0.1) is 0 Å². The molecule has 1 aliphatic carbocycles. The summed E-state index contributed by atoms with van der Waals surface area (Å²) in [4.78, 5) is 42.3. The fourth-order valence-corrected chi connectivity index (χ4v) is 14.2. The maximum absolute atomic E-state index is 14.6. The number of ether oxygens (including phenoxy) is 3. The van der Waals surface area contributed by atoms with Gasteiger partial charge in [0.2, 0.25) is 0 Å². The molecule has 4 aromatic carbocycles. The molecule has 0 aromatic heterocycles. The van der Waals surface area contributed by atoms with Crippen molar-refractivity contribution in [1.82, 2.24) is 4.90 Å². The molecule has 1 aliphatic heterocycles. The molecule has 0 fully saturated rings. The number of aliphatic hydroxyl groups is 1. The summed E-state index contributed by atoms with van der Waals surface area (Å²) in [6, 6.07) is 26.3. The maximum atomic E-state index is 14.6. The van der Waals surface area contributed by atoms with Crippen LogP contribution in [0.2, 0.25) is 16.6 Å². The summed E-state index contributed by atoms with van der Waals surface area (Å²) in [7, 11) is -0.964. The third-order valence-electron chi connectivity index (χ3n) is 11.6. The lowest BCUT2D eigenvalue weighted by Crippen LogP contribution is -2.50. The van der Waals surface area contributed by atoms with E-state index >= 15 is 0 Å². The molecule has 0 spiro atoms. The van der Waals surface area contributed by atoms with Gasteiger partial charge in [-0.3, -0.25) is 15.4 Å². The first-order valence-corrected chi connectivity index (χ1v) is 22.9. The molecule has 0 bridgehead atoms. The molecule has 60 heavy (non-hydrogen) atoms. The monoisotopic (exact) mass is 833 g/mol. The van der Waals surface area contributed by atoms with Gasteiger partial charge < -0.3 is 28.6 Å². The predicted molar refractivity (Wildman–Crippen MR) is 239 cm³/mol. The van der Waals surface area contributed by atoms with E-state index in [1.807, 2.05) is 36.4 Å². The van der Waals surface area contributed by atoms with E-state index in [1.165, 1.54) is 12.0 Å². The third kappa shape index (κ3) is 9.09. The standard InChI is InChI=1S/C48H59N3O8Si/c1-29(2)60(30(3)4,31(5)6)59-44-25-42(50-47(55)58-48(7,8)9)40(24-43(44)56-10)45(53)51-26-33(23-35(51)27-52)32-19-21-34(22-20-32)49-46(54)57-28-41-38-17-13-11-15-36(38)37-16-12-14-18-39(37)41/h11-22,24-26,29-31,35,41,52H,23,27-28H2,1-10H3,(H,49,54)(H,50,55)/t35-/m0/s1. The minimum absolute atomic E-state index is 0.0535. The number of hydrogen-bond acceptors (Lipinski definition) is 8. The first kappa shape index (κ1) is 44.0. The number of benzene rings is 4. The first-order chi connectivity index (χ1) is 28.5. The zero-order valence-electron chi connectivity index (χ0n) is 36.4. The van der Waals surface area contributed by atoms with E-state index in [2.05, 4.69) is 76.4 Å². The van der Waals surface area contributed by atoms with Crippen molar-refractivity contribution in [3.8, 4) is 22.6 Å². The Morgan fingerprint density at radius 2 is 1.38 bits per heavy atom. The summed E-state index contributed by atoms with van der Waals surface area (Å²) in [5.41, 5.74) is 7.08. The Morgan fingerprint density at radius 1 is 0.800 bits per heavy atom. The van der Waals surface area contributed by atoms with Crippen LogP contribution >= 0.6 is 0 Å². The highest BCUT2D eigenvalue weighted by Crippen LogP contribution is 2.47. The first-order valence-electron chi connectivity index (χ1n) is 20.7. The lowest BCUT2D eigenvalue weighted by molar-refractivity contribution is 0.0635. The van der Waals surface area contributed by atoms with Gasteiger partial charge in [-0.15, -0.1) is 0 Å². The number of carbonyl (C=O) groups excluding carboxylic acids is 3. The lowest BCUT2D eigenvalue weighted by atomic mass is 9.98. The smallest absolute Gasteiger partial charge is 0.412 e. The Labute approximate surface area is 355 Å². The highest BCUT2D eigenvalue weighted by atomic mass is 28.4. The molecular weight excluding hydrogens is 775 g/mol. The second-order valence-corrected chi connectivity index (χ2v) is 22.9. The van der Waals surface area contributed by atoms with Gasteiger partial charge in [-0.1, -0.05) is 102 Å². The molecule has 12 heteroatoms. The van der Waals surface area contributed by atoms with Crippen molar-refractivity contribution in [1.29, 1.82) is 0 Å². The van der Waals surface area contributed by atoms with Crippen LogP contribution in [0.15, 0.2) is 91.1 Å². The van der Waals surface area contributed by atoms with Crippen LogP contribution in [0.1, 0.15) is 102 Å². The molecule has 1 heterocycles. The van der Waals surface area contributed by atoms with E-state index in [-0.39, 0.29) is 47.0 Å². The van der Waals surface area contributed by atoms with Gasteiger partial charge in [0.05, 0.1) is 31.0 Å². The zero-order valence-corrected chi connectivity index (χ0v) is 37.4. The van der Waals surface area contributed by atoms with E-state index in [0.29, 0.717) is 23.6 Å². The number of carbonyl (C=O) groups is 3. The second kappa shape index (κ2) is 17.9. The number of aliphatic hydroxyl groups excluding tert-OH is 1. The number of nitrogens with zero attached hydrogens (tertiary/aromatic N) is 1. The number of fused-ring (bicyclic) bond motifs is 3. The van der Waals surface area contributed by atoms with Crippen LogP contribution in [-0.4, -0.2) is 68.4 Å². The molecular formula is C48H59N3O8Si. The summed E-state index contributed by atoms with van der Waals surface area (Å²) in [5.74, 6) is 0.289. The van der Waals surface area contributed by atoms with E-state index in [4.69, 9.17) is 18.6 Å². The molecule has 0 saturated heterocycles. The Balaban J connectivity index is 1.22. The number of rotatable bonds is 13. The minimum atomic E-state index is -2.49. The van der Waals surface area contributed by atoms with Gasteiger partial charge in [0, 0.05) is 23.9 Å². The SMILES string of the molecule is COc1cc(C(=O)N2C=C(c3ccc(NC(=O)OCC4c5ccccc5-c5ccccc54)cc3)C[C@H]2CO)c(NC(=O)OC(C)(C)C)cc1O[Si](C(C)C)(C(C)C)C(C)C. The Morgan fingerprint density at radius 3 is 1.92 bits per heavy atom. The zero-order chi connectivity index (χ0) is 43.5. The average Bonchev–Trinajstić information content (AvgIpc) is 3.77. The van der Waals surface area contributed by atoms with Crippen molar-refractivity contribution in [3.63, 3.8) is 0 Å². The largest absolute Gasteiger partial charge is 0.540 e. The maximum Gasteiger partial charge on any atom is 0.412 e. The summed E-state index contributed by atoms with van der Waals surface area (Å²) >= 11 is 0. The van der Waals surface area contributed by atoms with Crippen molar-refractivity contribution in [2.24, 2.45) is 0 Å². The average molecular weight is 834 g/mol. The number of hydrogen-bond donors (Lipinski definition) is 3. The van der Waals surface area contributed by atoms with Crippen LogP contribution in [-0.2, 0) is 9.47 Å². The summed E-state index contributed by atoms with van der Waals surface area (Å²) in [6.07, 6.45) is 0.811. The van der Waals surface area contributed by atoms with Crippen molar-refractivity contribution >= 4 is 43.4 Å². The van der Waals surface area contributed by atoms with Crippen molar-refractivity contribution in [3.05, 3.63) is 113 Å². The Kier molecular flexibility index (Phi) is 13.2. The molecule has 0 radical (unpaired) electrons. The fourth-order valence-electron chi connectivity index (χ4n) is 8.94. The van der Waals surface area contributed by atoms with Gasteiger partial charge in [-0.25, -0.2) is 9.59 Å². The predicted octanol–water partition coefficient (Wildman–Crippen LogP) is 11.2. The molecule has 1 atom stereocenters. The second-order valence-electron chi connectivity index (χ2n) is 17.5. The normalized spacial score (nSPS) is 15.1. The van der Waals surface area contributed by atoms with Crippen molar-refractivity contribution in [2.45, 2.75) is 103 Å². The molecule has 0 unspecified atom stereocenters. The molecule has 11 nitrogen and oxygen atoms in total. The number of methoxy groups -OCH3 is 1. The van der Waals surface area contributed by atoms with E-state index in [1.54, 1.807) is 51.2 Å².